The molecule has 2 heterocycles. The number of nitrogens with zero attached hydrogens (tertiary/aromatic N) is 1. The highest BCUT2D eigenvalue weighted by atomic mass is 16.5. The molecule has 3 rings (SSSR count). The molecule has 1 N–H and O–H groups in total. The topological polar surface area (TPSA) is 24.5 Å². The molecule has 0 aliphatic carbocycles. The van der Waals surface area contributed by atoms with E-state index in [0.29, 0.717) is 12.0 Å². The normalized spacial score (nSPS) is 28.3. The zero-order chi connectivity index (χ0) is 13.1. The van der Waals surface area contributed by atoms with Gasteiger partial charge in [-0.25, -0.2) is 0 Å². The Morgan fingerprint density at radius 1 is 1.37 bits per heavy atom. The van der Waals surface area contributed by atoms with Crippen molar-refractivity contribution in [3.8, 4) is 0 Å². The molecule has 1 fully saturated rings. The van der Waals surface area contributed by atoms with E-state index in [9.17, 15) is 0 Å². The largest absolute Gasteiger partial charge is 0.385 e. The molecule has 2 aliphatic rings. The van der Waals surface area contributed by atoms with E-state index in [2.05, 4.69) is 41.4 Å². The van der Waals surface area contributed by atoms with Crippen LogP contribution in [0, 0.1) is 0 Å². The summed E-state index contributed by atoms with van der Waals surface area (Å²) in [5, 5.41) is 3.51. The number of hydrogen-bond donors (Lipinski definition) is 1. The van der Waals surface area contributed by atoms with E-state index < -0.39 is 0 Å². The molecule has 2 atom stereocenters. The third kappa shape index (κ3) is 3.10. The predicted molar refractivity (Wildman–Crippen MR) is 78.8 cm³/mol. The summed E-state index contributed by atoms with van der Waals surface area (Å²) in [6.45, 7) is 7.63. The van der Waals surface area contributed by atoms with Crippen LogP contribution in [-0.4, -0.2) is 43.8 Å². The zero-order valence-electron chi connectivity index (χ0n) is 11.8. The minimum atomic E-state index is 0.374. The Kier molecular flexibility index (Phi) is 4.04. The minimum Gasteiger partial charge on any atom is -0.385 e. The maximum Gasteiger partial charge on any atom is 0.0673 e. The number of nitrogens with one attached hydrogen (secondary N) is 1. The zero-order valence-corrected chi connectivity index (χ0v) is 11.8. The van der Waals surface area contributed by atoms with Gasteiger partial charge in [-0.15, -0.1) is 0 Å². The fourth-order valence-corrected chi connectivity index (χ4v) is 3.30. The van der Waals surface area contributed by atoms with Crippen LogP contribution in [0.5, 0.6) is 0 Å². The number of anilines is 1. The Balaban J connectivity index is 1.70. The van der Waals surface area contributed by atoms with Crippen LogP contribution in [-0.2, 0) is 4.74 Å². The van der Waals surface area contributed by atoms with Crippen LogP contribution in [0.4, 0.5) is 5.69 Å². The lowest BCUT2D eigenvalue weighted by Gasteiger charge is -2.31. The SMILES string of the molecule is CC1CN(CC2CCNc3ccccc32)CCCO1. The summed E-state index contributed by atoms with van der Waals surface area (Å²) < 4.78 is 5.74. The number of benzene rings is 1. The maximum absolute atomic E-state index is 5.74. The highest BCUT2D eigenvalue weighted by Crippen LogP contribution is 2.32. The maximum atomic E-state index is 5.74. The second-order valence-corrected chi connectivity index (χ2v) is 5.79. The van der Waals surface area contributed by atoms with Crippen molar-refractivity contribution in [1.82, 2.24) is 4.90 Å². The summed E-state index contributed by atoms with van der Waals surface area (Å²) in [5.74, 6) is 0.669. The first-order chi connectivity index (χ1) is 9.33. The van der Waals surface area contributed by atoms with Crippen molar-refractivity contribution in [1.29, 1.82) is 0 Å². The summed E-state index contributed by atoms with van der Waals surface area (Å²) in [6.07, 6.45) is 2.78. The van der Waals surface area contributed by atoms with Gasteiger partial charge in [0.05, 0.1) is 6.10 Å². The van der Waals surface area contributed by atoms with Gasteiger partial charge >= 0.3 is 0 Å². The molecular formula is C16H24N2O. The van der Waals surface area contributed by atoms with Crippen LogP contribution >= 0.6 is 0 Å². The van der Waals surface area contributed by atoms with Crippen LogP contribution in [0.25, 0.3) is 0 Å². The predicted octanol–water partition coefficient (Wildman–Crippen LogP) is 2.70. The summed E-state index contributed by atoms with van der Waals surface area (Å²) in [6, 6.07) is 8.77. The Hall–Kier alpha value is -1.06. The molecule has 0 saturated carbocycles. The molecule has 104 valence electrons. The number of para-hydroxylation sites is 1. The molecule has 2 unspecified atom stereocenters. The van der Waals surface area contributed by atoms with Gasteiger partial charge in [0.25, 0.3) is 0 Å². The van der Waals surface area contributed by atoms with Crippen molar-refractivity contribution in [2.45, 2.75) is 31.8 Å². The van der Waals surface area contributed by atoms with Crippen LogP contribution in [0.15, 0.2) is 24.3 Å². The van der Waals surface area contributed by atoms with Crippen LogP contribution in [0.2, 0.25) is 0 Å². The van der Waals surface area contributed by atoms with Crippen molar-refractivity contribution in [3.63, 3.8) is 0 Å². The first-order valence-electron chi connectivity index (χ1n) is 7.49. The van der Waals surface area contributed by atoms with Gasteiger partial charge in [-0.2, -0.15) is 0 Å². The third-order valence-corrected chi connectivity index (χ3v) is 4.22. The molecule has 0 amide bonds. The quantitative estimate of drug-likeness (QED) is 0.885. The average molecular weight is 260 g/mol. The Morgan fingerprint density at radius 2 is 2.26 bits per heavy atom. The fourth-order valence-electron chi connectivity index (χ4n) is 3.30. The smallest absolute Gasteiger partial charge is 0.0673 e. The van der Waals surface area contributed by atoms with E-state index in [1.165, 1.54) is 30.8 Å². The molecule has 3 heteroatoms. The first-order valence-corrected chi connectivity index (χ1v) is 7.49. The molecule has 1 aromatic carbocycles. The lowest BCUT2D eigenvalue weighted by molar-refractivity contribution is 0.0668. The molecule has 0 radical (unpaired) electrons. The second-order valence-electron chi connectivity index (χ2n) is 5.79. The van der Waals surface area contributed by atoms with Gasteiger partial charge in [-0.3, -0.25) is 0 Å². The van der Waals surface area contributed by atoms with E-state index in [0.717, 1.165) is 26.1 Å². The van der Waals surface area contributed by atoms with Crippen molar-refractivity contribution in [2.75, 3.05) is 38.1 Å². The molecule has 1 aromatic rings. The lowest BCUT2D eigenvalue weighted by Crippen LogP contribution is -2.35. The van der Waals surface area contributed by atoms with E-state index in [4.69, 9.17) is 4.74 Å². The monoisotopic (exact) mass is 260 g/mol. The van der Waals surface area contributed by atoms with Crippen LogP contribution in [0.3, 0.4) is 0 Å². The standard InChI is InChI=1S/C16H24N2O/c1-13-11-18(9-4-10-19-13)12-14-7-8-17-16-6-3-2-5-15(14)16/h2-3,5-6,13-14,17H,4,7-12H2,1H3. The summed E-state index contributed by atoms with van der Waals surface area (Å²) >= 11 is 0. The molecule has 2 aliphatic heterocycles. The summed E-state index contributed by atoms with van der Waals surface area (Å²) in [7, 11) is 0. The minimum absolute atomic E-state index is 0.374. The second kappa shape index (κ2) is 5.93. The van der Waals surface area contributed by atoms with E-state index in [1.807, 2.05) is 0 Å². The molecular weight excluding hydrogens is 236 g/mol. The number of hydrogen-bond acceptors (Lipinski definition) is 3. The Morgan fingerprint density at radius 3 is 3.21 bits per heavy atom. The molecule has 1 saturated heterocycles. The first kappa shape index (κ1) is 12.9. The highest BCUT2D eigenvalue weighted by Gasteiger charge is 2.23. The van der Waals surface area contributed by atoms with Crippen LogP contribution in [0.1, 0.15) is 31.2 Å². The molecule has 0 spiro atoms. The fraction of sp³-hybridized carbons (Fsp3) is 0.625. The Labute approximate surface area is 115 Å². The van der Waals surface area contributed by atoms with Gasteiger partial charge < -0.3 is 15.0 Å². The van der Waals surface area contributed by atoms with Crippen molar-refractivity contribution < 1.29 is 4.74 Å². The molecule has 0 bridgehead atoms. The van der Waals surface area contributed by atoms with Gasteiger partial charge in [-0.1, -0.05) is 18.2 Å². The Bertz CT molecular complexity index is 421. The van der Waals surface area contributed by atoms with E-state index >= 15 is 0 Å². The van der Waals surface area contributed by atoms with E-state index in [1.54, 1.807) is 0 Å². The molecule has 3 nitrogen and oxygen atoms in total. The van der Waals surface area contributed by atoms with E-state index in [-0.39, 0.29) is 0 Å². The van der Waals surface area contributed by atoms with Gasteiger partial charge in [-0.05, 0) is 31.4 Å². The molecule has 19 heavy (non-hydrogen) atoms. The van der Waals surface area contributed by atoms with Crippen molar-refractivity contribution in [3.05, 3.63) is 29.8 Å². The van der Waals surface area contributed by atoms with Crippen LogP contribution < -0.4 is 5.32 Å². The number of ether oxygens (including phenoxy) is 1. The highest BCUT2D eigenvalue weighted by molar-refractivity contribution is 5.54. The number of fused-ring (bicyclic) bond motifs is 1. The summed E-state index contributed by atoms with van der Waals surface area (Å²) in [5.41, 5.74) is 2.82. The van der Waals surface area contributed by atoms with Gasteiger partial charge in [0.1, 0.15) is 0 Å². The van der Waals surface area contributed by atoms with Gasteiger partial charge in [0, 0.05) is 44.4 Å². The average Bonchev–Trinajstić information content (AvgIpc) is 2.63. The van der Waals surface area contributed by atoms with Crippen molar-refractivity contribution >= 4 is 5.69 Å². The van der Waals surface area contributed by atoms with Crippen molar-refractivity contribution in [2.24, 2.45) is 0 Å². The lowest BCUT2D eigenvalue weighted by atomic mass is 9.90. The number of rotatable bonds is 2. The van der Waals surface area contributed by atoms with Gasteiger partial charge in [0.15, 0.2) is 0 Å². The van der Waals surface area contributed by atoms with Gasteiger partial charge in [0.2, 0.25) is 0 Å². The molecule has 0 aromatic heterocycles. The third-order valence-electron chi connectivity index (χ3n) is 4.22. The summed E-state index contributed by atoms with van der Waals surface area (Å²) in [4.78, 5) is 2.59.